The topological polar surface area (TPSA) is 89.1 Å². The van der Waals surface area contributed by atoms with Gasteiger partial charge in [-0.1, -0.05) is 12.1 Å². The molecule has 0 amide bonds. The van der Waals surface area contributed by atoms with E-state index in [0.717, 1.165) is 24.3 Å². The van der Waals surface area contributed by atoms with E-state index < -0.39 is 30.3 Å². The maximum absolute atomic E-state index is 12.1. The number of aliphatic imine (C=N–C) groups is 1. The monoisotopic (exact) mass is 551 g/mol. The number of halogens is 7. The lowest BCUT2D eigenvalue weighted by Gasteiger charge is -2.12. The highest BCUT2D eigenvalue weighted by Crippen LogP contribution is 2.25. The smallest absolute Gasteiger partial charge is 0.406 e. The first-order chi connectivity index (χ1) is 13.4. The molecule has 0 bridgehead atoms. The molecule has 0 saturated heterocycles. The second-order valence-corrected chi connectivity index (χ2v) is 5.56. The Morgan fingerprint density at radius 1 is 0.900 bits per heavy atom. The summed E-state index contributed by atoms with van der Waals surface area (Å²) in [5, 5.41) is 12.6. The molecule has 0 aliphatic rings. The summed E-state index contributed by atoms with van der Waals surface area (Å²) in [5.74, 6) is -0.978. The van der Waals surface area contributed by atoms with Crippen LogP contribution in [0.25, 0.3) is 0 Å². The molecule has 30 heavy (non-hydrogen) atoms. The average molecular weight is 551 g/mol. The molecule has 2 aromatic carbocycles. The lowest BCUT2D eigenvalue weighted by atomic mass is 10.1. The zero-order valence-electron chi connectivity index (χ0n) is 14.9. The van der Waals surface area contributed by atoms with Gasteiger partial charge in [-0.15, -0.1) is 50.3 Å². The van der Waals surface area contributed by atoms with Gasteiger partial charge in [-0.05, 0) is 42.0 Å². The molecule has 0 aromatic heterocycles. The lowest BCUT2D eigenvalue weighted by Crippen LogP contribution is -2.23. The Hall–Kier alpha value is -2.42. The van der Waals surface area contributed by atoms with Gasteiger partial charge in [0.2, 0.25) is 0 Å². The SMILES string of the molecule is I.NC(=NCC(O)c1ccc(OC(F)(F)F)cc1)Nc1ccc(OC(F)(F)F)cc1. The summed E-state index contributed by atoms with van der Waals surface area (Å²) in [4.78, 5) is 3.87. The van der Waals surface area contributed by atoms with Gasteiger partial charge in [0, 0.05) is 5.69 Å². The van der Waals surface area contributed by atoms with E-state index in [0.29, 0.717) is 5.69 Å². The molecule has 1 unspecified atom stereocenters. The van der Waals surface area contributed by atoms with Crippen molar-refractivity contribution in [2.75, 3.05) is 11.9 Å². The van der Waals surface area contributed by atoms with Crippen LogP contribution in [0.2, 0.25) is 0 Å². The van der Waals surface area contributed by atoms with Crippen LogP contribution in [-0.2, 0) is 0 Å². The Morgan fingerprint density at radius 3 is 1.77 bits per heavy atom. The largest absolute Gasteiger partial charge is 0.573 e. The number of guanidine groups is 1. The summed E-state index contributed by atoms with van der Waals surface area (Å²) in [6.45, 7) is -0.215. The van der Waals surface area contributed by atoms with E-state index >= 15 is 0 Å². The Kier molecular flexibility index (Phi) is 9.02. The molecule has 4 N–H and O–H groups in total. The van der Waals surface area contributed by atoms with Gasteiger partial charge in [-0.3, -0.25) is 4.99 Å². The predicted octanol–water partition coefficient (Wildman–Crippen LogP) is 4.56. The third-order valence-corrected chi connectivity index (χ3v) is 3.29. The van der Waals surface area contributed by atoms with Gasteiger partial charge < -0.3 is 25.6 Å². The zero-order valence-corrected chi connectivity index (χ0v) is 17.2. The molecular formula is C17H16F6IN3O3. The number of nitrogens with zero attached hydrogens (tertiary/aromatic N) is 1. The van der Waals surface area contributed by atoms with Crippen molar-refractivity contribution in [2.24, 2.45) is 10.7 Å². The molecule has 0 spiro atoms. The van der Waals surface area contributed by atoms with Crippen molar-refractivity contribution < 1.29 is 40.9 Å². The molecule has 0 aliphatic carbocycles. The molecule has 2 rings (SSSR count). The molecule has 0 saturated carbocycles. The fourth-order valence-electron chi connectivity index (χ4n) is 2.11. The molecule has 0 fully saturated rings. The van der Waals surface area contributed by atoms with E-state index in [1.54, 1.807) is 0 Å². The quantitative estimate of drug-likeness (QED) is 0.212. The number of aliphatic hydroxyl groups excluding tert-OH is 1. The van der Waals surface area contributed by atoms with Crippen LogP contribution in [-0.4, -0.2) is 30.3 Å². The van der Waals surface area contributed by atoms with E-state index in [-0.39, 0.29) is 42.0 Å². The van der Waals surface area contributed by atoms with Gasteiger partial charge in [0.15, 0.2) is 5.96 Å². The van der Waals surface area contributed by atoms with Crippen LogP contribution < -0.4 is 20.5 Å². The van der Waals surface area contributed by atoms with Crippen molar-refractivity contribution in [1.82, 2.24) is 0 Å². The van der Waals surface area contributed by atoms with Crippen LogP contribution >= 0.6 is 24.0 Å². The number of hydrogen-bond acceptors (Lipinski definition) is 4. The van der Waals surface area contributed by atoms with E-state index in [1.165, 1.54) is 24.3 Å². The number of anilines is 1. The van der Waals surface area contributed by atoms with Gasteiger partial charge in [-0.25, -0.2) is 0 Å². The maximum Gasteiger partial charge on any atom is 0.573 e. The standard InChI is InChI=1S/C17H15F6N3O3.HI/c18-16(19,20)28-12-5-1-10(2-6-12)14(27)9-25-15(24)26-11-3-7-13(8-4-11)29-17(21,22)23;/h1-8,14,27H,9H2,(H3,24,25,26);1H. The fourth-order valence-corrected chi connectivity index (χ4v) is 2.11. The molecular weight excluding hydrogens is 535 g/mol. The molecule has 166 valence electrons. The van der Waals surface area contributed by atoms with Gasteiger partial charge in [0.05, 0.1) is 12.6 Å². The molecule has 1 atom stereocenters. The molecule has 13 heteroatoms. The van der Waals surface area contributed by atoms with Gasteiger partial charge in [0.25, 0.3) is 0 Å². The number of hydrogen-bond donors (Lipinski definition) is 3. The minimum Gasteiger partial charge on any atom is -0.406 e. The van der Waals surface area contributed by atoms with Crippen LogP contribution in [0.3, 0.4) is 0 Å². The average Bonchev–Trinajstić information content (AvgIpc) is 2.59. The molecule has 6 nitrogen and oxygen atoms in total. The summed E-state index contributed by atoms with van der Waals surface area (Å²) in [6, 6.07) is 9.27. The fraction of sp³-hybridized carbons (Fsp3) is 0.235. The highest BCUT2D eigenvalue weighted by molar-refractivity contribution is 14.0. The van der Waals surface area contributed by atoms with Crippen molar-refractivity contribution in [2.45, 2.75) is 18.8 Å². The maximum atomic E-state index is 12.1. The van der Waals surface area contributed by atoms with E-state index in [9.17, 15) is 31.4 Å². The third-order valence-electron chi connectivity index (χ3n) is 3.29. The molecule has 0 radical (unpaired) electrons. The number of benzene rings is 2. The number of ether oxygens (including phenoxy) is 2. The first kappa shape index (κ1) is 25.6. The summed E-state index contributed by atoms with van der Waals surface area (Å²) in [7, 11) is 0. The lowest BCUT2D eigenvalue weighted by molar-refractivity contribution is -0.275. The van der Waals surface area contributed by atoms with Crippen LogP contribution in [0.5, 0.6) is 11.5 Å². The highest BCUT2D eigenvalue weighted by Gasteiger charge is 2.31. The third kappa shape index (κ3) is 9.39. The van der Waals surface area contributed by atoms with Gasteiger partial charge in [0.1, 0.15) is 11.5 Å². The molecule has 0 heterocycles. The summed E-state index contributed by atoms with van der Waals surface area (Å²) in [6.07, 6.45) is -10.8. The zero-order chi connectivity index (χ0) is 21.7. The van der Waals surface area contributed by atoms with Gasteiger partial charge in [-0.2, -0.15) is 0 Å². The predicted molar refractivity (Wildman–Crippen MR) is 107 cm³/mol. The number of nitrogens with one attached hydrogen (secondary N) is 1. The van der Waals surface area contributed by atoms with Crippen LogP contribution in [0.15, 0.2) is 53.5 Å². The van der Waals surface area contributed by atoms with Crippen LogP contribution in [0.4, 0.5) is 32.0 Å². The van der Waals surface area contributed by atoms with Crippen LogP contribution in [0, 0.1) is 0 Å². The summed E-state index contributed by atoms with van der Waals surface area (Å²) >= 11 is 0. The van der Waals surface area contributed by atoms with Crippen molar-refractivity contribution >= 4 is 35.6 Å². The summed E-state index contributed by atoms with van der Waals surface area (Å²) in [5.41, 5.74) is 6.24. The van der Waals surface area contributed by atoms with Crippen LogP contribution in [0.1, 0.15) is 11.7 Å². The Bertz CT molecular complexity index is 827. The first-order valence-electron chi connectivity index (χ1n) is 7.88. The van der Waals surface area contributed by atoms with Crippen molar-refractivity contribution in [3.8, 4) is 11.5 Å². The highest BCUT2D eigenvalue weighted by atomic mass is 127. The molecule has 0 aliphatic heterocycles. The Labute approximate surface area is 183 Å². The van der Waals surface area contributed by atoms with E-state index in [1.807, 2.05) is 0 Å². The van der Waals surface area contributed by atoms with E-state index in [2.05, 4.69) is 19.8 Å². The first-order valence-corrected chi connectivity index (χ1v) is 7.88. The molecule has 2 aromatic rings. The second-order valence-electron chi connectivity index (χ2n) is 5.56. The number of alkyl halides is 6. The van der Waals surface area contributed by atoms with E-state index in [4.69, 9.17) is 5.73 Å². The normalized spacial score (nSPS) is 13.2. The summed E-state index contributed by atoms with van der Waals surface area (Å²) < 4.78 is 80.1. The van der Waals surface area contributed by atoms with Crippen molar-refractivity contribution in [3.63, 3.8) is 0 Å². The minimum absolute atomic E-state index is 0. The van der Waals surface area contributed by atoms with Crippen molar-refractivity contribution in [3.05, 3.63) is 54.1 Å². The Balaban J connectivity index is 0.00000450. The number of nitrogens with two attached hydrogens (primary N) is 1. The van der Waals surface area contributed by atoms with Gasteiger partial charge >= 0.3 is 12.7 Å². The van der Waals surface area contributed by atoms with Crippen molar-refractivity contribution in [1.29, 1.82) is 0 Å². The second kappa shape index (κ2) is 10.6. The number of aliphatic hydroxyl groups is 1. The minimum atomic E-state index is -4.82. The number of rotatable bonds is 6. The Morgan fingerprint density at radius 2 is 1.33 bits per heavy atom.